The standard InChI is InChI=1S/C17H18ClFO/c1-10-7-11(2)16(12(3)8-10)15(20)9-13-5-4-6-14(18)17(13)19/h4-8,15,20H,9H2,1-3H3. The second kappa shape index (κ2) is 5.94. The highest BCUT2D eigenvalue weighted by atomic mass is 35.5. The normalized spacial score (nSPS) is 12.5. The summed E-state index contributed by atoms with van der Waals surface area (Å²) in [5, 5.41) is 10.5. The first kappa shape index (κ1) is 15.0. The lowest BCUT2D eigenvalue weighted by Gasteiger charge is -2.18. The molecule has 0 spiro atoms. The molecule has 20 heavy (non-hydrogen) atoms. The molecule has 1 unspecified atom stereocenters. The van der Waals surface area contributed by atoms with E-state index in [1.165, 1.54) is 6.07 Å². The number of aliphatic hydroxyl groups is 1. The molecule has 3 heteroatoms. The average Bonchev–Trinajstić information content (AvgIpc) is 2.33. The minimum absolute atomic E-state index is 0.0899. The molecule has 0 fully saturated rings. The minimum atomic E-state index is -0.733. The van der Waals surface area contributed by atoms with Gasteiger partial charge in [0.1, 0.15) is 5.82 Å². The van der Waals surface area contributed by atoms with Gasteiger partial charge in [0.25, 0.3) is 0 Å². The van der Waals surface area contributed by atoms with Gasteiger partial charge in [-0.3, -0.25) is 0 Å². The maximum Gasteiger partial charge on any atom is 0.145 e. The molecule has 0 saturated heterocycles. The van der Waals surface area contributed by atoms with Crippen LogP contribution in [0.15, 0.2) is 30.3 Å². The van der Waals surface area contributed by atoms with E-state index in [4.69, 9.17) is 11.6 Å². The largest absolute Gasteiger partial charge is 0.388 e. The molecule has 1 nitrogen and oxygen atoms in total. The maximum atomic E-state index is 13.9. The van der Waals surface area contributed by atoms with Gasteiger partial charge in [-0.15, -0.1) is 0 Å². The van der Waals surface area contributed by atoms with Crippen LogP contribution in [0.4, 0.5) is 4.39 Å². The highest BCUT2D eigenvalue weighted by Crippen LogP contribution is 2.28. The van der Waals surface area contributed by atoms with Crippen LogP contribution in [0.25, 0.3) is 0 Å². The Bertz CT molecular complexity index is 614. The van der Waals surface area contributed by atoms with Crippen molar-refractivity contribution in [2.75, 3.05) is 0 Å². The molecule has 2 aromatic carbocycles. The van der Waals surface area contributed by atoms with E-state index >= 15 is 0 Å². The zero-order valence-electron chi connectivity index (χ0n) is 11.9. The van der Waals surface area contributed by atoms with Crippen molar-refractivity contribution in [1.82, 2.24) is 0 Å². The summed E-state index contributed by atoms with van der Waals surface area (Å²) >= 11 is 5.77. The summed E-state index contributed by atoms with van der Waals surface area (Å²) in [5.41, 5.74) is 4.51. The van der Waals surface area contributed by atoms with E-state index in [0.717, 1.165) is 22.3 Å². The van der Waals surface area contributed by atoms with Crippen LogP contribution in [-0.2, 0) is 6.42 Å². The van der Waals surface area contributed by atoms with Crippen LogP contribution in [-0.4, -0.2) is 5.11 Å². The lowest BCUT2D eigenvalue weighted by molar-refractivity contribution is 0.175. The third-order valence-corrected chi connectivity index (χ3v) is 3.81. The Hall–Kier alpha value is -1.38. The summed E-state index contributed by atoms with van der Waals surface area (Å²) in [7, 11) is 0. The van der Waals surface area contributed by atoms with Crippen LogP contribution < -0.4 is 0 Å². The highest BCUT2D eigenvalue weighted by molar-refractivity contribution is 6.30. The average molecular weight is 293 g/mol. The van der Waals surface area contributed by atoms with Gasteiger partial charge in [-0.2, -0.15) is 0 Å². The molecule has 0 radical (unpaired) electrons. The van der Waals surface area contributed by atoms with Crippen molar-refractivity contribution in [3.8, 4) is 0 Å². The van der Waals surface area contributed by atoms with E-state index in [2.05, 4.69) is 0 Å². The summed E-state index contributed by atoms with van der Waals surface area (Å²) in [6, 6.07) is 8.92. The van der Waals surface area contributed by atoms with Gasteiger partial charge in [-0.1, -0.05) is 41.4 Å². The van der Waals surface area contributed by atoms with Crippen molar-refractivity contribution in [1.29, 1.82) is 0 Å². The van der Waals surface area contributed by atoms with E-state index in [-0.39, 0.29) is 11.4 Å². The van der Waals surface area contributed by atoms with Crippen molar-refractivity contribution in [3.05, 3.63) is 69.0 Å². The van der Waals surface area contributed by atoms with Crippen LogP contribution in [0, 0.1) is 26.6 Å². The van der Waals surface area contributed by atoms with E-state index < -0.39 is 11.9 Å². The van der Waals surface area contributed by atoms with E-state index in [1.54, 1.807) is 12.1 Å². The first-order valence-electron chi connectivity index (χ1n) is 6.59. The van der Waals surface area contributed by atoms with E-state index in [0.29, 0.717) is 5.56 Å². The molecular weight excluding hydrogens is 275 g/mol. The van der Waals surface area contributed by atoms with Crippen LogP contribution in [0.1, 0.15) is 33.9 Å². The number of hydrogen-bond acceptors (Lipinski definition) is 1. The summed E-state index contributed by atoms with van der Waals surface area (Å²) < 4.78 is 13.9. The van der Waals surface area contributed by atoms with Gasteiger partial charge in [-0.25, -0.2) is 4.39 Å². The molecule has 2 rings (SSSR count). The zero-order chi connectivity index (χ0) is 14.9. The fourth-order valence-corrected chi connectivity index (χ4v) is 2.93. The molecule has 1 atom stereocenters. The lowest BCUT2D eigenvalue weighted by Crippen LogP contribution is -2.08. The Morgan fingerprint density at radius 1 is 1.15 bits per heavy atom. The molecule has 0 aliphatic heterocycles. The van der Waals surface area contributed by atoms with Gasteiger partial charge in [0.15, 0.2) is 0 Å². The first-order valence-corrected chi connectivity index (χ1v) is 6.96. The quantitative estimate of drug-likeness (QED) is 0.871. The lowest BCUT2D eigenvalue weighted by atomic mass is 9.92. The first-order chi connectivity index (χ1) is 9.40. The van der Waals surface area contributed by atoms with Gasteiger partial charge in [0, 0.05) is 6.42 Å². The third-order valence-electron chi connectivity index (χ3n) is 3.52. The molecule has 0 aromatic heterocycles. The molecule has 0 amide bonds. The van der Waals surface area contributed by atoms with Crippen LogP contribution in [0.5, 0.6) is 0 Å². The number of rotatable bonds is 3. The molecular formula is C17H18ClFO. The number of aryl methyl sites for hydroxylation is 3. The molecule has 0 aliphatic carbocycles. The van der Waals surface area contributed by atoms with E-state index in [9.17, 15) is 9.50 Å². The Morgan fingerprint density at radius 3 is 2.35 bits per heavy atom. The number of hydrogen-bond donors (Lipinski definition) is 1. The smallest absolute Gasteiger partial charge is 0.145 e. The maximum absolute atomic E-state index is 13.9. The van der Waals surface area contributed by atoms with Gasteiger partial charge in [0.2, 0.25) is 0 Å². The number of halogens is 2. The second-order valence-corrected chi connectivity index (χ2v) is 5.65. The van der Waals surface area contributed by atoms with Gasteiger partial charge in [-0.05, 0) is 49.1 Å². The Morgan fingerprint density at radius 2 is 1.75 bits per heavy atom. The molecule has 106 valence electrons. The van der Waals surface area contributed by atoms with E-state index in [1.807, 2.05) is 32.9 Å². The molecule has 0 heterocycles. The van der Waals surface area contributed by atoms with Crippen molar-refractivity contribution in [3.63, 3.8) is 0 Å². The predicted octanol–water partition coefficient (Wildman–Crippen LogP) is 4.68. The van der Waals surface area contributed by atoms with Gasteiger partial charge >= 0.3 is 0 Å². The fourth-order valence-electron chi connectivity index (χ4n) is 2.73. The summed E-state index contributed by atoms with van der Waals surface area (Å²) in [6.45, 7) is 5.95. The fraction of sp³-hybridized carbons (Fsp3) is 0.294. The monoisotopic (exact) mass is 292 g/mol. The van der Waals surface area contributed by atoms with Crippen molar-refractivity contribution in [2.45, 2.75) is 33.3 Å². The van der Waals surface area contributed by atoms with Crippen molar-refractivity contribution in [2.24, 2.45) is 0 Å². The molecule has 2 aromatic rings. The predicted molar refractivity (Wildman–Crippen MR) is 80.7 cm³/mol. The number of aliphatic hydroxyl groups excluding tert-OH is 1. The molecule has 1 N–H and O–H groups in total. The van der Waals surface area contributed by atoms with Crippen LogP contribution >= 0.6 is 11.6 Å². The Balaban J connectivity index is 2.33. The summed E-state index contributed by atoms with van der Waals surface area (Å²) in [4.78, 5) is 0. The molecule has 0 saturated carbocycles. The zero-order valence-corrected chi connectivity index (χ0v) is 12.6. The van der Waals surface area contributed by atoms with Gasteiger partial charge < -0.3 is 5.11 Å². The topological polar surface area (TPSA) is 20.2 Å². The molecule has 0 bridgehead atoms. The van der Waals surface area contributed by atoms with Gasteiger partial charge in [0.05, 0.1) is 11.1 Å². The Kier molecular flexibility index (Phi) is 4.46. The Labute approximate surface area is 124 Å². The number of benzene rings is 2. The second-order valence-electron chi connectivity index (χ2n) is 5.25. The minimum Gasteiger partial charge on any atom is -0.388 e. The van der Waals surface area contributed by atoms with Crippen molar-refractivity contribution >= 4 is 11.6 Å². The SMILES string of the molecule is Cc1cc(C)c(C(O)Cc2cccc(Cl)c2F)c(C)c1. The highest BCUT2D eigenvalue weighted by Gasteiger charge is 2.17. The van der Waals surface area contributed by atoms with Crippen LogP contribution in [0.3, 0.4) is 0 Å². The van der Waals surface area contributed by atoms with Crippen molar-refractivity contribution < 1.29 is 9.50 Å². The molecule has 0 aliphatic rings. The summed E-state index contributed by atoms with van der Waals surface area (Å²) in [6.07, 6.45) is -0.513. The van der Waals surface area contributed by atoms with Crippen LogP contribution in [0.2, 0.25) is 5.02 Å². The summed E-state index contributed by atoms with van der Waals surface area (Å²) in [5.74, 6) is -0.448. The third kappa shape index (κ3) is 3.02.